The summed E-state index contributed by atoms with van der Waals surface area (Å²) in [5, 5.41) is 2.89. The van der Waals surface area contributed by atoms with E-state index < -0.39 is 0 Å². The number of ether oxygens (including phenoxy) is 1. The lowest BCUT2D eigenvalue weighted by molar-refractivity contribution is 0.208. The Kier molecular flexibility index (Phi) is 6.39. The highest BCUT2D eigenvalue weighted by atomic mass is 79.9. The largest absolute Gasteiger partial charge is 0.439 e. The predicted octanol–water partition coefficient (Wildman–Crippen LogP) is 5.74. The van der Waals surface area contributed by atoms with Gasteiger partial charge in [-0.3, -0.25) is 4.98 Å². The number of nitrogens with one attached hydrogen (secondary N) is 1. The van der Waals surface area contributed by atoms with Crippen LogP contribution in [0.1, 0.15) is 18.4 Å². The maximum absolute atomic E-state index is 12.4. The number of rotatable bonds is 4. The normalized spacial score (nSPS) is 13.6. The number of urea groups is 1. The molecule has 0 spiro atoms. The van der Waals surface area contributed by atoms with Gasteiger partial charge in [-0.05, 0) is 64.7 Å². The molecule has 1 aliphatic heterocycles. The molecular weight excluding hydrogens is 444 g/mol. The summed E-state index contributed by atoms with van der Waals surface area (Å²) in [6, 6.07) is 15.2. The molecule has 0 atom stereocenters. The molecule has 1 N–H and O–H groups in total. The van der Waals surface area contributed by atoms with Gasteiger partial charge in [-0.25, -0.2) is 9.78 Å². The SMILES string of the molecule is O=C(Nc1cccnc1)N1CCC(=Cc2cccc(Oc3ccc(Br)cn3)c2)CC1. The van der Waals surface area contributed by atoms with Crippen LogP contribution in [0.25, 0.3) is 6.08 Å². The molecule has 0 radical (unpaired) electrons. The van der Waals surface area contributed by atoms with Crippen molar-refractivity contribution in [2.45, 2.75) is 12.8 Å². The molecular formula is C23H21BrN4O2. The average Bonchev–Trinajstić information content (AvgIpc) is 2.77. The topological polar surface area (TPSA) is 67.4 Å². The fraction of sp³-hybridized carbons (Fsp3) is 0.174. The highest BCUT2D eigenvalue weighted by Gasteiger charge is 2.19. The number of hydrogen-bond acceptors (Lipinski definition) is 4. The van der Waals surface area contributed by atoms with Gasteiger partial charge in [0.15, 0.2) is 0 Å². The lowest BCUT2D eigenvalue weighted by atomic mass is 10.0. The lowest BCUT2D eigenvalue weighted by Gasteiger charge is -2.28. The van der Waals surface area contributed by atoms with Gasteiger partial charge in [-0.1, -0.05) is 23.8 Å². The van der Waals surface area contributed by atoms with E-state index in [9.17, 15) is 4.79 Å². The van der Waals surface area contributed by atoms with Gasteiger partial charge in [0.1, 0.15) is 5.75 Å². The van der Waals surface area contributed by atoms with Crippen LogP contribution < -0.4 is 10.1 Å². The van der Waals surface area contributed by atoms with Crippen molar-refractivity contribution < 1.29 is 9.53 Å². The van der Waals surface area contributed by atoms with E-state index in [4.69, 9.17) is 4.74 Å². The summed E-state index contributed by atoms with van der Waals surface area (Å²) in [4.78, 5) is 22.5. The minimum absolute atomic E-state index is 0.0838. The molecule has 1 aromatic carbocycles. The standard InChI is InChI=1S/C23H21BrN4O2/c24-19-6-7-22(26-15-19)30-21-5-1-3-18(14-21)13-17-8-11-28(12-9-17)23(29)27-20-4-2-10-25-16-20/h1-7,10,13-16H,8-9,11-12H2,(H,27,29). The number of nitrogens with zero attached hydrogens (tertiary/aromatic N) is 3. The number of benzene rings is 1. The Morgan fingerprint density at radius 3 is 2.70 bits per heavy atom. The van der Waals surface area contributed by atoms with Crippen molar-refractivity contribution in [1.29, 1.82) is 0 Å². The van der Waals surface area contributed by atoms with Gasteiger partial charge in [-0.2, -0.15) is 0 Å². The van der Waals surface area contributed by atoms with Gasteiger partial charge < -0.3 is 15.0 Å². The Balaban J connectivity index is 1.35. The molecule has 30 heavy (non-hydrogen) atoms. The molecule has 2 aromatic heterocycles. The van der Waals surface area contributed by atoms with Gasteiger partial charge in [0.2, 0.25) is 5.88 Å². The van der Waals surface area contributed by atoms with E-state index in [2.05, 4.69) is 43.4 Å². The number of pyridine rings is 2. The summed E-state index contributed by atoms with van der Waals surface area (Å²) < 4.78 is 6.75. The quantitative estimate of drug-likeness (QED) is 0.534. The zero-order chi connectivity index (χ0) is 20.8. The van der Waals surface area contributed by atoms with Crippen LogP contribution in [0.4, 0.5) is 10.5 Å². The van der Waals surface area contributed by atoms with Crippen LogP contribution in [0.2, 0.25) is 0 Å². The molecule has 2 amide bonds. The van der Waals surface area contributed by atoms with E-state index in [-0.39, 0.29) is 6.03 Å². The monoisotopic (exact) mass is 464 g/mol. The number of amides is 2. The molecule has 0 aliphatic carbocycles. The summed E-state index contributed by atoms with van der Waals surface area (Å²) in [6.45, 7) is 1.38. The third-order valence-corrected chi connectivity index (χ3v) is 5.23. The molecule has 6 nitrogen and oxygen atoms in total. The van der Waals surface area contributed by atoms with Crippen LogP contribution in [0.3, 0.4) is 0 Å². The summed E-state index contributed by atoms with van der Waals surface area (Å²) in [7, 11) is 0. The summed E-state index contributed by atoms with van der Waals surface area (Å²) in [5.41, 5.74) is 3.10. The van der Waals surface area contributed by atoms with Gasteiger partial charge in [0.25, 0.3) is 0 Å². The van der Waals surface area contributed by atoms with Crippen molar-refractivity contribution >= 4 is 33.7 Å². The fourth-order valence-electron chi connectivity index (χ4n) is 3.23. The van der Waals surface area contributed by atoms with Crippen LogP contribution in [-0.4, -0.2) is 34.0 Å². The Morgan fingerprint density at radius 1 is 1.10 bits per heavy atom. The van der Waals surface area contributed by atoms with E-state index in [1.807, 2.05) is 41.3 Å². The van der Waals surface area contributed by atoms with Crippen LogP contribution >= 0.6 is 15.9 Å². The van der Waals surface area contributed by atoms with Crippen LogP contribution in [-0.2, 0) is 0 Å². The second-order valence-electron chi connectivity index (χ2n) is 6.95. The number of likely N-dealkylation sites (tertiary alicyclic amines) is 1. The van der Waals surface area contributed by atoms with Crippen molar-refractivity contribution in [3.05, 3.63) is 82.7 Å². The number of anilines is 1. The lowest BCUT2D eigenvalue weighted by Crippen LogP contribution is -2.39. The summed E-state index contributed by atoms with van der Waals surface area (Å²) in [6.07, 6.45) is 8.91. The molecule has 3 aromatic rings. The first-order valence-corrected chi connectivity index (χ1v) is 10.5. The predicted molar refractivity (Wildman–Crippen MR) is 120 cm³/mol. The first-order chi connectivity index (χ1) is 14.7. The van der Waals surface area contributed by atoms with E-state index in [1.54, 1.807) is 24.7 Å². The minimum atomic E-state index is -0.0838. The third kappa shape index (κ3) is 5.45. The molecule has 152 valence electrons. The van der Waals surface area contributed by atoms with E-state index in [1.165, 1.54) is 5.57 Å². The average molecular weight is 465 g/mol. The van der Waals surface area contributed by atoms with Crippen molar-refractivity contribution in [2.75, 3.05) is 18.4 Å². The number of carbonyl (C=O) groups is 1. The smallest absolute Gasteiger partial charge is 0.321 e. The Morgan fingerprint density at radius 2 is 1.97 bits per heavy atom. The molecule has 3 heterocycles. The number of aromatic nitrogens is 2. The van der Waals surface area contributed by atoms with Crippen molar-refractivity contribution in [3.63, 3.8) is 0 Å². The second kappa shape index (κ2) is 9.54. The van der Waals surface area contributed by atoms with E-state index in [0.29, 0.717) is 24.7 Å². The van der Waals surface area contributed by atoms with Gasteiger partial charge in [0.05, 0.1) is 11.9 Å². The molecule has 0 bridgehead atoms. The Labute approximate surface area is 183 Å². The number of halogens is 1. The molecule has 1 fully saturated rings. The highest BCUT2D eigenvalue weighted by Crippen LogP contribution is 2.25. The molecule has 0 saturated carbocycles. The van der Waals surface area contributed by atoms with Crippen LogP contribution in [0, 0.1) is 0 Å². The van der Waals surface area contributed by atoms with E-state index >= 15 is 0 Å². The maximum Gasteiger partial charge on any atom is 0.321 e. The van der Waals surface area contributed by atoms with Crippen molar-refractivity contribution in [3.8, 4) is 11.6 Å². The first-order valence-electron chi connectivity index (χ1n) is 9.70. The molecule has 4 rings (SSSR count). The van der Waals surface area contributed by atoms with Gasteiger partial charge >= 0.3 is 6.03 Å². The zero-order valence-electron chi connectivity index (χ0n) is 16.3. The molecule has 7 heteroatoms. The number of carbonyl (C=O) groups excluding carboxylic acids is 1. The third-order valence-electron chi connectivity index (χ3n) is 4.76. The fourth-order valence-corrected chi connectivity index (χ4v) is 3.46. The van der Waals surface area contributed by atoms with Crippen LogP contribution in [0.5, 0.6) is 11.6 Å². The number of hydrogen-bond donors (Lipinski definition) is 1. The van der Waals surface area contributed by atoms with Crippen LogP contribution in [0.15, 0.2) is 77.2 Å². The summed E-state index contributed by atoms with van der Waals surface area (Å²) in [5.74, 6) is 1.29. The van der Waals surface area contributed by atoms with Crippen molar-refractivity contribution in [2.24, 2.45) is 0 Å². The van der Waals surface area contributed by atoms with Crippen molar-refractivity contribution in [1.82, 2.24) is 14.9 Å². The molecule has 0 unspecified atom stereocenters. The van der Waals surface area contributed by atoms with E-state index in [0.717, 1.165) is 28.6 Å². The zero-order valence-corrected chi connectivity index (χ0v) is 17.9. The summed E-state index contributed by atoms with van der Waals surface area (Å²) >= 11 is 3.37. The molecule has 1 saturated heterocycles. The van der Waals surface area contributed by atoms with Gasteiger partial charge in [0, 0.05) is 36.0 Å². The Bertz CT molecular complexity index is 1030. The second-order valence-corrected chi connectivity index (χ2v) is 7.87. The number of piperidine rings is 1. The maximum atomic E-state index is 12.4. The molecule has 1 aliphatic rings. The van der Waals surface area contributed by atoms with Gasteiger partial charge in [-0.15, -0.1) is 0 Å². The minimum Gasteiger partial charge on any atom is -0.439 e. The Hall–Kier alpha value is -3.19. The first kappa shape index (κ1) is 20.1. The highest BCUT2D eigenvalue weighted by molar-refractivity contribution is 9.10.